The van der Waals surface area contributed by atoms with Gasteiger partial charge < -0.3 is 9.80 Å². The number of hydrogen-bond acceptors (Lipinski definition) is 5. The van der Waals surface area contributed by atoms with Crippen molar-refractivity contribution in [3.05, 3.63) is 52.6 Å². The Labute approximate surface area is 169 Å². The number of amides is 1. The highest BCUT2D eigenvalue weighted by Crippen LogP contribution is 2.17. The van der Waals surface area contributed by atoms with Crippen molar-refractivity contribution in [3.8, 4) is 0 Å². The van der Waals surface area contributed by atoms with Crippen LogP contribution in [0.2, 0.25) is 0 Å². The van der Waals surface area contributed by atoms with Crippen LogP contribution in [-0.4, -0.2) is 45.2 Å². The van der Waals surface area contributed by atoms with Crippen LogP contribution in [0.25, 0.3) is 5.78 Å². The number of anilines is 2. The number of nitrogens with zero attached hydrogens (tertiary/aromatic N) is 6. The van der Waals surface area contributed by atoms with Crippen LogP contribution >= 0.6 is 0 Å². The number of rotatable bonds is 4. The van der Waals surface area contributed by atoms with Gasteiger partial charge in [-0.3, -0.25) is 4.79 Å². The van der Waals surface area contributed by atoms with Gasteiger partial charge in [0.25, 0.3) is 5.78 Å². The molecule has 8 heteroatoms. The fourth-order valence-corrected chi connectivity index (χ4v) is 3.69. The molecule has 1 aliphatic rings. The Morgan fingerprint density at radius 2 is 1.90 bits per heavy atom. The van der Waals surface area contributed by atoms with Crippen LogP contribution in [0.1, 0.15) is 31.2 Å². The van der Waals surface area contributed by atoms with Gasteiger partial charge in [0.2, 0.25) is 5.91 Å². The molecule has 0 N–H and O–H groups in total. The molecule has 1 fully saturated rings. The minimum absolute atomic E-state index is 0.133. The van der Waals surface area contributed by atoms with Crippen LogP contribution in [0, 0.1) is 6.92 Å². The van der Waals surface area contributed by atoms with E-state index >= 15 is 0 Å². The first kappa shape index (κ1) is 19.2. The maximum atomic E-state index is 12.7. The van der Waals surface area contributed by atoms with Gasteiger partial charge >= 0.3 is 5.69 Å². The van der Waals surface area contributed by atoms with Crippen molar-refractivity contribution in [1.82, 2.24) is 19.2 Å². The van der Waals surface area contributed by atoms with Crippen molar-refractivity contribution < 1.29 is 4.79 Å². The number of likely N-dealkylation sites (N-methyl/N-ethyl adjacent to an activating group) is 1. The maximum Gasteiger partial charge on any atom is 0.352 e. The van der Waals surface area contributed by atoms with Gasteiger partial charge in [0.15, 0.2) is 0 Å². The van der Waals surface area contributed by atoms with Gasteiger partial charge in [0.05, 0.1) is 0 Å². The summed E-state index contributed by atoms with van der Waals surface area (Å²) in [7, 11) is 1.70. The third-order valence-corrected chi connectivity index (χ3v) is 5.42. The van der Waals surface area contributed by atoms with Crippen LogP contribution < -0.4 is 15.5 Å². The topological polar surface area (TPSA) is 75.7 Å². The molecular weight excluding hydrogens is 368 g/mol. The summed E-state index contributed by atoms with van der Waals surface area (Å²) >= 11 is 0. The highest BCUT2D eigenvalue weighted by Gasteiger charge is 2.18. The molecule has 1 aromatic carbocycles. The van der Waals surface area contributed by atoms with E-state index in [1.165, 1.54) is 21.9 Å². The predicted octanol–water partition coefficient (Wildman–Crippen LogP) is 2.24. The van der Waals surface area contributed by atoms with E-state index < -0.39 is 0 Å². The molecule has 1 amide bonds. The van der Waals surface area contributed by atoms with Crippen LogP contribution in [0.3, 0.4) is 0 Å². The normalized spacial score (nSPS) is 14.8. The molecule has 0 aliphatic carbocycles. The molecule has 3 heterocycles. The number of carbonyl (C=O) groups excluding carboxylic acids is 1. The second-order valence-corrected chi connectivity index (χ2v) is 7.59. The number of benzene rings is 1. The van der Waals surface area contributed by atoms with Crippen molar-refractivity contribution >= 4 is 23.2 Å². The average Bonchev–Trinajstić information content (AvgIpc) is 2.90. The largest absolute Gasteiger partial charge is 0.356 e. The number of carbonyl (C=O) groups is 1. The lowest BCUT2D eigenvalue weighted by atomic mass is 10.2. The molecule has 0 atom stereocenters. The summed E-state index contributed by atoms with van der Waals surface area (Å²) in [5.41, 5.74) is 1.49. The van der Waals surface area contributed by atoms with Crippen molar-refractivity contribution in [3.63, 3.8) is 0 Å². The molecule has 0 saturated carbocycles. The van der Waals surface area contributed by atoms with Gasteiger partial charge in [-0.25, -0.2) is 13.9 Å². The number of aromatic nitrogens is 4. The van der Waals surface area contributed by atoms with Gasteiger partial charge in [0.1, 0.15) is 12.4 Å². The van der Waals surface area contributed by atoms with E-state index in [1.807, 2.05) is 37.3 Å². The predicted molar refractivity (Wildman–Crippen MR) is 113 cm³/mol. The SMILES string of the molecule is Cc1cccc(N(C)C(=O)Cn2nc3nc(N4CCCCCC4)ccn3c2=O)c1. The van der Waals surface area contributed by atoms with E-state index in [9.17, 15) is 9.59 Å². The Bertz CT molecular complexity index is 1080. The van der Waals surface area contributed by atoms with Crippen LogP contribution in [0.15, 0.2) is 41.3 Å². The quantitative estimate of drug-likeness (QED) is 0.678. The van der Waals surface area contributed by atoms with E-state index in [-0.39, 0.29) is 18.1 Å². The number of fused-ring (bicyclic) bond motifs is 1. The molecule has 0 radical (unpaired) electrons. The van der Waals surface area contributed by atoms with E-state index in [2.05, 4.69) is 15.0 Å². The van der Waals surface area contributed by atoms with Crippen molar-refractivity contribution in [1.29, 1.82) is 0 Å². The van der Waals surface area contributed by atoms with E-state index in [0.717, 1.165) is 43.0 Å². The summed E-state index contributed by atoms with van der Waals surface area (Å²) in [5, 5.41) is 4.31. The molecule has 152 valence electrons. The van der Waals surface area contributed by atoms with E-state index in [0.29, 0.717) is 5.78 Å². The van der Waals surface area contributed by atoms with E-state index in [1.54, 1.807) is 18.1 Å². The van der Waals surface area contributed by atoms with Crippen molar-refractivity contribution in [2.24, 2.45) is 0 Å². The molecule has 29 heavy (non-hydrogen) atoms. The lowest BCUT2D eigenvalue weighted by Gasteiger charge is -2.20. The van der Waals surface area contributed by atoms with Gasteiger partial charge in [-0.15, -0.1) is 5.10 Å². The van der Waals surface area contributed by atoms with Gasteiger partial charge in [-0.05, 0) is 43.5 Å². The zero-order valence-corrected chi connectivity index (χ0v) is 16.9. The molecule has 3 aromatic rings. The Morgan fingerprint density at radius 1 is 1.14 bits per heavy atom. The first-order valence-electron chi connectivity index (χ1n) is 10.1. The lowest BCUT2D eigenvalue weighted by molar-refractivity contribution is -0.119. The minimum atomic E-state index is -0.360. The van der Waals surface area contributed by atoms with Crippen molar-refractivity contribution in [2.75, 3.05) is 29.9 Å². The molecule has 0 spiro atoms. The zero-order chi connectivity index (χ0) is 20.4. The Kier molecular flexibility index (Phi) is 5.33. The first-order chi connectivity index (χ1) is 14.0. The summed E-state index contributed by atoms with van der Waals surface area (Å²) in [6.45, 7) is 3.77. The molecule has 8 nitrogen and oxygen atoms in total. The van der Waals surface area contributed by atoms with Crippen LogP contribution in [0.5, 0.6) is 0 Å². The third kappa shape index (κ3) is 4.01. The summed E-state index contributed by atoms with van der Waals surface area (Å²) in [4.78, 5) is 33.7. The van der Waals surface area contributed by atoms with Crippen LogP contribution in [-0.2, 0) is 11.3 Å². The summed E-state index contributed by atoms with van der Waals surface area (Å²) in [5.74, 6) is 0.941. The van der Waals surface area contributed by atoms with Crippen molar-refractivity contribution in [2.45, 2.75) is 39.2 Å². The molecule has 0 unspecified atom stereocenters. The fourth-order valence-electron chi connectivity index (χ4n) is 3.69. The second-order valence-electron chi connectivity index (χ2n) is 7.59. The van der Waals surface area contributed by atoms with E-state index in [4.69, 9.17) is 0 Å². The fraction of sp³-hybridized carbons (Fsp3) is 0.429. The third-order valence-electron chi connectivity index (χ3n) is 5.42. The highest BCUT2D eigenvalue weighted by molar-refractivity contribution is 5.92. The Hall–Kier alpha value is -3.16. The monoisotopic (exact) mass is 394 g/mol. The van der Waals surface area contributed by atoms with Gasteiger partial charge in [-0.1, -0.05) is 25.0 Å². The summed E-state index contributed by atoms with van der Waals surface area (Å²) < 4.78 is 2.57. The molecule has 4 rings (SSSR count). The Morgan fingerprint density at radius 3 is 2.62 bits per heavy atom. The second kappa shape index (κ2) is 8.06. The average molecular weight is 394 g/mol. The first-order valence-corrected chi connectivity index (χ1v) is 10.1. The minimum Gasteiger partial charge on any atom is -0.356 e. The van der Waals surface area contributed by atoms with Crippen LogP contribution in [0.4, 0.5) is 11.5 Å². The molecular formula is C21H26N6O2. The zero-order valence-electron chi connectivity index (χ0n) is 16.9. The highest BCUT2D eigenvalue weighted by atomic mass is 16.2. The number of hydrogen-bond donors (Lipinski definition) is 0. The summed E-state index contributed by atoms with van der Waals surface area (Å²) in [6, 6.07) is 9.53. The van der Waals surface area contributed by atoms with Gasteiger partial charge in [0, 0.05) is 32.0 Å². The Balaban J connectivity index is 1.56. The molecule has 0 bridgehead atoms. The maximum absolute atomic E-state index is 12.7. The molecule has 2 aromatic heterocycles. The lowest BCUT2D eigenvalue weighted by Crippen LogP contribution is -2.34. The summed E-state index contributed by atoms with van der Waals surface area (Å²) in [6.07, 6.45) is 6.47. The van der Waals surface area contributed by atoms with Gasteiger partial charge in [-0.2, -0.15) is 4.98 Å². The smallest absolute Gasteiger partial charge is 0.352 e. The standard InChI is InChI=1S/C21H26N6O2/c1-16-8-7-9-17(14-16)24(2)19(28)15-27-21(29)26-13-10-18(22-20(26)23-27)25-11-5-3-4-6-12-25/h7-10,13-14H,3-6,11-12,15H2,1-2H3. The number of aryl methyl sites for hydroxylation is 1. The molecule has 1 saturated heterocycles. The molecule has 1 aliphatic heterocycles.